The number of hydrogen-bond acceptors (Lipinski definition) is 8. The Bertz CT molecular complexity index is 2860. The normalized spacial score (nSPS) is 16.7. The number of nitrogens with one attached hydrogen (secondary N) is 4. The van der Waals surface area contributed by atoms with E-state index in [-0.39, 0.29) is 35.7 Å². The van der Waals surface area contributed by atoms with Crippen molar-refractivity contribution in [2.24, 2.45) is 14.1 Å². The minimum absolute atomic E-state index is 0.193. The minimum atomic E-state index is -0.882. The monoisotopic (exact) mass is 906 g/mol. The lowest BCUT2D eigenvalue weighted by molar-refractivity contribution is -0.135. The molecule has 0 saturated carbocycles. The first-order valence-corrected chi connectivity index (χ1v) is 22.8. The van der Waals surface area contributed by atoms with E-state index in [1.165, 1.54) is 12.4 Å². The molecule has 0 aliphatic carbocycles. The smallest absolute Gasteiger partial charge is 0.270 e. The fraction of sp³-hybridized carbons (Fsp3) is 0.231. The predicted molar refractivity (Wildman–Crippen MR) is 254 cm³/mol. The van der Waals surface area contributed by atoms with Crippen molar-refractivity contribution >= 4 is 23.6 Å². The molecular weight excluding hydrogens is 857 g/mol. The van der Waals surface area contributed by atoms with Crippen LogP contribution in [0.1, 0.15) is 93.6 Å². The van der Waals surface area contributed by atoms with Crippen molar-refractivity contribution in [3.8, 4) is 33.6 Å². The fourth-order valence-corrected chi connectivity index (χ4v) is 9.38. The summed E-state index contributed by atoms with van der Waals surface area (Å²) < 4.78 is 3.25. The Morgan fingerprint density at radius 3 is 1.28 bits per heavy atom. The van der Waals surface area contributed by atoms with Crippen molar-refractivity contribution in [3.63, 3.8) is 0 Å². The van der Waals surface area contributed by atoms with Crippen molar-refractivity contribution < 1.29 is 19.2 Å². The highest BCUT2D eigenvalue weighted by atomic mass is 16.2. The molecule has 4 aromatic carbocycles. The number of hydrogen-bond donors (Lipinski definition) is 4. The number of likely N-dealkylation sites (tertiary alicyclic amines) is 2. The molecule has 0 spiro atoms. The Hall–Kier alpha value is -8.40. The van der Waals surface area contributed by atoms with Crippen molar-refractivity contribution in [1.82, 2.24) is 59.5 Å². The summed E-state index contributed by atoms with van der Waals surface area (Å²) in [6.07, 6.45) is 12.8. The zero-order valence-corrected chi connectivity index (χ0v) is 37.6. The molecule has 0 bridgehead atoms. The van der Waals surface area contributed by atoms with E-state index in [1.54, 1.807) is 35.9 Å². The number of aromatic amines is 2. The number of aromatic nitrogens is 8. The van der Waals surface area contributed by atoms with Gasteiger partial charge < -0.3 is 39.5 Å². The first-order chi connectivity index (χ1) is 33.2. The van der Waals surface area contributed by atoms with Crippen LogP contribution in [0.3, 0.4) is 0 Å². The van der Waals surface area contributed by atoms with E-state index >= 15 is 0 Å². The van der Waals surface area contributed by atoms with Crippen LogP contribution in [0, 0.1) is 0 Å². The lowest BCUT2D eigenvalue weighted by atomic mass is 10.0. The summed E-state index contributed by atoms with van der Waals surface area (Å²) in [6, 6.07) is 32.8. The number of benzene rings is 4. The molecule has 2 aliphatic heterocycles. The molecule has 4 aromatic heterocycles. The average Bonchev–Trinajstić information content (AvgIpc) is 4.24. The molecule has 16 nitrogen and oxygen atoms in total. The van der Waals surface area contributed by atoms with Crippen LogP contribution in [-0.4, -0.2) is 85.6 Å². The number of nitrogens with zero attached hydrogens (tertiary/aromatic N) is 8. The Morgan fingerprint density at radius 1 is 0.529 bits per heavy atom. The summed E-state index contributed by atoms with van der Waals surface area (Å²) in [5.41, 5.74) is 7.81. The topological polar surface area (TPSA) is 192 Å². The second-order valence-electron chi connectivity index (χ2n) is 17.3. The number of amides is 4. The zero-order valence-electron chi connectivity index (χ0n) is 37.6. The molecule has 2 saturated heterocycles. The number of H-pyrrole nitrogens is 2. The SMILES string of the molecule is Cn1cncc1C(=O)N[C@@H](C(=O)N1CCCC1c1ncc(-c2ccc(-c3ccc(-c4cnc(C5CCCN5C(=O)[C@H](NC(=O)c5cncn5C)c5ccccc5)[nH]4)cc3)cc2)[nH]1)c1ccccc1. The van der Waals surface area contributed by atoms with Gasteiger partial charge in [0.2, 0.25) is 11.8 Å². The maximum atomic E-state index is 14.3. The molecule has 4 atom stereocenters. The summed E-state index contributed by atoms with van der Waals surface area (Å²) in [5, 5.41) is 5.94. The van der Waals surface area contributed by atoms with Gasteiger partial charge >= 0.3 is 0 Å². The molecule has 2 unspecified atom stereocenters. The summed E-state index contributed by atoms with van der Waals surface area (Å²) in [4.78, 5) is 83.5. The van der Waals surface area contributed by atoms with Crippen LogP contribution in [0.25, 0.3) is 33.6 Å². The molecule has 68 heavy (non-hydrogen) atoms. The van der Waals surface area contributed by atoms with Gasteiger partial charge in [-0.05, 0) is 59.1 Å². The molecular formula is C52H50N12O4. The number of rotatable bonds is 13. The van der Waals surface area contributed by atoms with E-state index < -0.39 is 12.1 Å². The van der Waals surface area contributed by atoms with Crippen molar-refractivity contribution in [2.75, 3.05) is 13.1 Å². The third kappa shape index (κ3) is 8.70. The largest absolute Gasteiger partial charge is 0.340 e. The van der Waals surface area contributed by atoms with Gasteiger partial charge in [0.15, 0.2) is 0 Å². The molecule has 2 fully saturated rings. The molecule has 4 N–H and O–H groups in total. The van der Waals surface area contributed by atoms with E-state index in [9.17, 15) is 19.2 Å². The number of imidazole rings is 4. The predicted octanol–water partition coefficient (Wildman–Crippen LogP) is 7.27. The van der Waals surface area contributed by atoms with Gasteiger partial charge in [-0.15, -0.1) is 0 Å². The number of carbonyl (C=O) groups excluding carboxylic acids is 4. The second-order valence-corrected chi connectivity index (χ2v) is 17.3. The molecule has 16 heteroatoms. The lowest BCUT2D eigenvalue weighted by Crippen LogP contribution is -2.43. The zero-order chi connectivity index (χ0) is 46.7. The van der Waals surface area contributed by atoms with E-state index in [0.717, 1.165) is 59.3 Å². The highest BCUT2D eigenvalue weighted by molar-refractivity contribution is 5.97. The van der Waals surface area contributed by atoms with Gasteiger partial charge in [-0.25, -0.2) is 19.9 Å². The third-order valence-corrected chi connectivity index (χ3v) is 13.0. The van der Waals surface area contributed by atoms with Crippen molar-refractivity contribution in [2.45, 2.75) is 49.9 Å². The van der Waals surface area contributed by atoms with Crippen LogP contribution in [0.2, 0.25) is 0 Å². The van der Waals surface area contributed by atoms with Gasteiger partial charge in [0.1, 0.15) is 35.1 Å². The van der Waals surface area contributed by atoms with Crippen molar-refractivity contribution in [3.05, 3.63) is 181 Å². The second kappa shape index (κ2) is 18.8. The first-order valence-electron chi connectivity index (χ1n) is 22.8. The summed E-state index contributed by atoms with van der Waals surface area (Å²) in [7, 11) is 3.49. The quantitative estimate of drug-likeness (QED) is 0.0929. The Balaban J connectivity index is 0.801. The maximum Gasteiger partial charge on any atom is 0.270 e. The van der Waals surface area contributed by atoms with Crippen LogP contribution >= 0.6 is 0 Å². The number of aryl methyl sites for hydroxylation is 2. The molecule has 10 rings (SSSR count). The van der Waals surface area contributed by atoms with E-state index in [2.05, 4.69) is 79.1 Å². The van der Waals surface area contributed by atoms with Gasteiger partial charge in [-0.3, -0.25) is 19.2 Å². The van der Waals surface area contributed by atoms with E-state index in [0.29, 0.717) is 47.3 Å². The molecule has 342 valence electrons. The average molecular weight is 907 g/mol. The molecule has 0 radical (unpaired) electrons. The van der Waals surface area contributed by atoms with Gasteiger partial charge in [0.05, 0.1) is 60.9 Å². The number of carbonyl (C=O) groups is 4. The molecule has 4 amide bonds. The summed E-state index contributed by atoms with van der Waals surface area (Å²) >= 11 is 0. The fourth-order valence-electron chi connectivity index (χ4n) is 9.38. The van der Waals surface area contributed by atoms with Crippen LogP contribution < -0.4 is 10.6 Å². The van der Waals surface area contributed by atoms with Gasteiger partial charge in [0, 0.05) is 27.2 Å². The Morgan fingerprint density at radius 2 is 0.912 bits per heavy atom. The summed E-state index contributed by atoms with van der Waals surface area (Å²) in [6.45, 7) is 1.09. The molecule has 2 aliphatic rings. The highest BCUT2D eigenvalue weighted by Crippen LogP contribution is 2.36. The van der Waals surface area contributed by atoms with Crippen LogP contribution in [0.5, 0.6) is 0 Å². The van der Waals surface area contributed by atoms with Crippen LogP contribution in [-0.2, 0) is 23.7 Å². The van der Waals surface area contributed by atoms with Crippen molar-refractivity contribution in [1.29, 1.82) is 0 Å². The highest BCUT2D eigenvalue weighted by Gasteiger charge is 2.39. The molecule has 8 aromatic rings. The Labute approximate surface area is 392 Å². The van der Waals surface area contributed by atoms with E-state index in [1.807, 2.05) is 82.9 Å². The standard InChI is InChI=1S/C52H50N12O4/c1-61-31-53-29-43(61)49(65)59-45(37-11-5-3-6-12-37)51(67)63-25-9-15-41(63)47-55-27-39(57-47)35-21-17-33(18-22-35)34-19-23-36(24-20-34)40-28-56-48(58-40)42-16-10-26-64(42)52(68)46(38-13-7-4-8-14-38)60-50(66)44-30-54-32-62(44)2/h3-8,11-14,17-24,27-32,41-42,45-46H,9-10,15-16,25-26H2,1-2H3,(H,55,57)(H,56,58)(H,59,65)(H,60,66)/t41?,42?,45-,46-/m1/s1. The molecule has 6 heterocycles. The Kier molecular flexibility index (Phi) is 12.0. The van der Waals surface area contributed by atoms with Gasteiger partial charge in [-0.2, -0.15) is 0 Å². The van der Waals surface area contributed by atoms with Gasteiger partial charge in [0.25, 0.3) is 11.8 Å². The summed E-state index contributed by atoms with van der Waals surface area (Å²) in [5.74, 6) is 0.259. The third-order valence-electron chi connectivity index (χ3n) is 13.0. The maximum absolute atomic E-state index is 14.3. The van der Waals surface area contributed by atoms with E-state index in [4.69, 9.17) is 9.97 Å². The minimum Gasteiger partial charge on any atom is -0.340 e. The van der Waals surface area contributed by atoms with Crippen LogP contribution in [0.4, 0.5) is 0 Å². The first kappa shape index (κ1) is 43.5. The van der Waals surface area contributed by atoms with Crippen LogP contribution in [0.15, 0.2) is 147 Å². The lowest BCUT2D eigenvalue weighted by Gasteiger charge is -2.28. The van der Waals surface area contributed by atoms with Gasteiger partial charge in [-0.1, -0.05) is 109 Å².